The van der Waals surface area contributed by atoms with Crippen molar-refractivity contribution in [3.63, 3.8) is 0 Å². The number of esters is 1. The quantitative estimate of drug-likeness (QED) is 0.107. The summed E-state index contributed by atoms with van der Waals surface area (Å²) in [5.41, 5.74) is 4.54. The van der Waals surface area contributed by atoms with Crippen LogP contribution in [0, 0.1) is 5.41 Å². The smallest absolute Gasteiger partial charge is 0.335 e. The summed E-state index contributed by atoms with van der Waals surface area (Å²) < 4.78 is 5.99. The second-order valence-corrected chi connectivity index (χ2v) is 13.7. The van der Waals surface area contributed by atoms with Crippen LogP contribution in [0.1, 0.15) is 64.2 Å². The molecule has 0 unspecified atom stereocenters. The molecule has 218 valence electrons. The van der Waals surface area contributed by atoms with E-state index in [-0.39, 0.29) is 17.3 Å². The maximum absolute atomic E-state index is 13.8. The molecule has 0 bridgehead atoms. The fourth-order valence-corrected chi connectivity index (χ4v) is 5.90. The summed E-state index contributed by atoms with van der Waals surface area (Å²) in [7, 11) is 0. The van der Waals surface area contributed by atoms with Gasteiger partial charge in [0.1, 0.15) is 5.60 Å². The monoisotopic (exact) mass is 577 g/mol. The van der Waals surface area contributed by atoms with E-state index in [9.17, 15) is 4.79 Å². The SMILES string of the molecule is CC(C)(C)OC(=O)/C(=C/Sc1ccccc1)[C@H](c1cccc(N(Cc2ccccc2)Cc2ccccc2)c1)C(C)(C)C. The molecule has 0 heterocycles. The highest BCUT2D eigenvalue weighted by atomic mass is 32.2. The van der Waals surface area contributed by atoms with Crippen molar-refractivity contribution in [2.75, 3.05) is 4.90 Å². The Labute approximate surface area is 256 Å². The van der Waals surface area contributed by atoms with E-state index < -0.39 is 5.60 Å². The molecule has 0 saturated heterocycles. The zero-order valence-electron chi connectivity index (χ0n) is 25.7. The molecule has 0 aliphatic carbocycles. The van der Waals surface area contributed by atoms with Crippen molar-refractivity contribution in [1.29, 1.82) is 0 Å². The molecule has 0 aromatic heterocycles. The van der Waals surface area contributed by atoms with Gasteiger partial charge in [-0.05, 0) is 72.6 Å². The number of carbonyl (C=O) groups is 1. The van der Waals surface area contributed by atoms with Gasteiger partial charge in [-0.15, -0.1) is 0 Å². The van der Waals surface area contributed by atoms with Gasteiger partial charge in [0.25, 0.3) is 0 Å². The Kier molecular flexibility index (Phi) is 10.3. The summed E-state index contributed by atoms with van der Waals surface area (Å²) in [6, 6.07) is 40.0. The lowest BCUT2D eigenvalue weighted by atomic mass is 9.72. The molecule has 0 amide bonds. The molecule has 0 saturated carbocycles. The van der Waals surface area contributed by atoms with Crippen LogP contribution in [0.15, 0.2) is 131 Å². The van der Waals surface area contributed by atoms with Crippen LogP contribution < -0.4 is 4.90 Å². The number of hydrogen-bond acceptors (Lipinski definition) is 4. The average molecular weight is 578 g/mol. The number of rotatable bonds is 10. The lowest BCUT2D eigenvalue weighted by Crippen LogP contribution is -2.30. The summed E-state index contributed by atoms with van der Waals surface area (Å²) in [5, 5.41) is 2.00. The number of carbonyl (C=O) groups excluding carboxylic acids is 1. The summed E-state index contributed by atoms with van der Waals surface area (Å²) in [6.45, 7) is 13.9. The third kappa shape index (κ3) is 9.12. The normalized spacial score (nSPS) is 13.0. The highest BCUT2D eigenvalue weighted by molar-refractivity contribution is 8.02. The van der Waals surface area contributed by atoms with Crippen LogP contribution >= 0.6 is 11.8 Å². The first-order valence-electron chi connectivity index (χ1n) is 14.6. The average Bonchev–Trinajstić information content (AvgIpc) is 2.95. The van der Waals surface area contributed by atoms with Crippen molar-refractivity contribution < 1.29 is 9.53 Å². The van der Waals surface area contributed by atoms with Gasteiger partial charge >= 0.3 is 5.97 Å². The lowest BCUT2D eigenvalue weighted by Gasteiger charge is -2.34. The first kappa shape index (κ1) is 31.2. The topological polar surface area (TPSA) is 29.5 Å². The zero-order chi connectivity index (χ0) is 30.2. The van der Waals surface area contributed by atoms with Gasteiger partial charge in [0.2, 0.25) is 0 Å². The minimum absolute atomic E-state index is 0.182. The van der Waals surface area contributed by atoms with E-state index >= 15 is 0 Å². The molecule has 42 heavy (non-hydrogen) atoms. The first-order chi connectivity index (χ1) is 20.0. The number of thioether (sulfide) groups is 1. The molecule has 3 nitrogen and oxygen atoms in total. The Hall–Kier alpha value is -3.76. The van der Waals surface area contributed by atoms with Crippen molar-refractivity contribution in [3.8, 4) is 0 Å². The second-order valence-electron chi connectivity index (χ2n) is 12.7. The maximum Gasteiger partial charge on any atom is 0.335 e. The van der Waals surface area contributed by atoms with Crippen molar-refractivity contribution in [1.82, 2.24) is 0 Å². The predicted molar refractivity (Wildman–Crippen MR) is 178 cm³/mol. The van der Waals surface area contributed by atoms with Crippen molar-refractivity contribution in [2.24, 2.45) is 5.41 Å². The molecular weight excluding hydrogens is 534 g/mol. The van der Waals surface area contributed by atoms with Crippen LogP contribution in [-0.4, -0.2) is 11.6 Å². The molecule has 0 spiro atoms. The lowest BCUT2D eigenvalue weighted by molar-refractivity contribution is -0.150. The van der Waals surface area contributed by atoms with E-state index in [0.717, 1.165) is 29.2 Å². The van der Waals surface area contributed by atoms with E-state index in [4.69, 9.17) is 4.74 Å². The largest absolute Gasteiger partial charge is 0.457 e. The van der Waals surface area contributed by atoms with E-state index in [1.54, 1.807) is 11.8 Å². The van der Waals surface area contributed by atoms with Gasteiger partial charge in [-0.2, -0.15) is 0 Å². The second kappa shape index (κ2) is 13.9. The molecule has 0 fully saturated rings. The van der Waals surface area contributed by atoms with Gasteiger partial charge in [-0.3, -0.25) is 0 Å². The highest BCUT2D eigenvalue weighted by Gasteiger charge is 2.35. The third-order valence-corrected chi connectivity index (χ3v) is 7.79. The van der Waals surface area contributed by atoms with Crippen LogP contribution in [0.5, 0.6) is 0 Å². The maximum atomic E-state index is 13.8. The van der Waals surface area contributed by atoms with Gasteiger partial charge in [0.05, 0.1) is 5.57 Å². The van der Waals surface area contributed by atoms with Gasteiger partial charge in [-0.1, -0.05) is 124 Å². The molecule has 4 aromatic carbocycles. The first-order valence-corrected chi connectivity index (χ1v) is 15.5. The summed E-state index contributed by atoms with van der Waals surface area (Å²) >= 11 is 1.56. The number of nitrogens with zero attached hydrogens (tertiary/aromatic N) is 1. The standard InChI is InChI=1S/C38H43NO2S/c1-37(2,3)35(34(36(40)41-38(4,5)6)28-42-33-23-14-9-15-24-33)31-21-16-22-32(25-31)39(26-29-17-10-7-11-18-29)27-30-19-12-8-13-20-30/h7-25,28,35H,26-27H2,1-6H3/b34-28+/t35-/m0/s1. The van der Waals surface area contributed by atoms with Gasteiger partial charge in [-0.25, -0.2) is 4.79 Å². The Morgan fingerprint density at radius 2 is 1.26 bits per heavy atom. The van der Waals surface area contributed by atoms with E-state index in [1.165, 1.54) is 11.1 Å². The number of hydrogen-bond donors (Lipinski definition) is 0. The number of ether oxygens (including phenoxy) is 1. The van der Waals surface area contributed by atoms with Gasteiger partial charge in [0, 0.05) is 29.6 Å². The number of benzene rings is 4. The Bertz CT molecular complexity index is 1410. The minimum atomic E-state index is -0.597. The summed E-state index contributed by atoms with van der Waals surface area (Å²) in [4.78, 5) is 17.3. The highest BCUT2D eigenvalue weighted by Crippen LogP contribution is 2.44. The van der Waals surface area contributed by atoms with E-state index in [0.29, 0.717) is 5.57 Å². The molecule has 4 aromatic rings. The predicted octanol–water partition coefficient (Wildman–Crippen LogP) is 10.0. The van der Waals surface area contributed by atoms with Crippen LogP contribution in [0.2, 0.25) is 0 Å². The van der Waals surface area contributed by atoms with Crippen LogP contribution in [-0.2, 0) is 22.6 Å². The Morgan fingerprint density at radius 3 is 1.76 bits per heavy atom. The van der Waals surface area contributed by atoms with Crippen molar-refractivity contribution in [2.45, 2.75) is 71.0 Å². The summed E-state index contributed by atoms with van der Waals surface area (Å²) in [6.07, 6.45) is 0. The van der Waals surface area contributed by atoms with Gasteiger partial charge in [0.15, 0.2) is 0 Å². The molecule has 1 atom stereocenters. The molecule has 0 aliphatic rings. The minimum Gasteiger partial charge on any atom is -0.457 e. The van der Waals surface area contributed by atoms with Crippen LogP contribution in [0.3, 0.4) is 0 Å². The summed E-state index contributed by atoms with van der Waals surface area (Å²) in [5.74, 6) is -0.458. The number of anilines is 1. The van der Waals surface area contributed by atoms with Crippen LogP contribution in [0.4, 0.5) is 5.69 Å². The Morgan fingerprint density at radius 1 is 0.738 bits per heavy atom. The van der Waals surface area contributed by atoms with Crippen molar-refractivity contribution >= 4 is 23.4 Å². The molecule has 4 rings (SSSR count). The third-order valence-electron chi connectivity index (χ3n) is 6.88. The van der Waals surface area contributed by atoms with E-state index in [1.807, 2.05) is 44.4 Å². The van der Waals surface area contributed by atoms with Crippen LogP contribution in [0.25, 0.3) is 0 Å². The Balaban J connectivity index is 1.77. The van der Waals surface area contributed by atoms with Crippen molar-refractivity contribution in [3.05, 3.63) is 143 Å². The molecule has 0 aliphatic heterocycles. The fourth-order valence-electron chi connectivity index (χ4n) is 5.09. The molecular formula is C38H43NO2S. The fraction of sp³-hybridized carbons (Fsp3) is 0.289. The molecule has 0 radical (unpaired) electrons. The van der Waals surface area contributed by atoms with Gasteiger partial charge < -0.3 is 9.64 Å². The molecule has 0 N–H and O–H groups in total. The molecule has 4 heteroatoms. The zero-order valence-corrected chi connectivity index (χ0v) is 26.5. The van der Waals surface area contributed by atoms with E-state index in [2.05, 4.69) is 123 Å².